The average Bonchev–Trinajstić information content (AvgIpc) is 2.89. The molecule has 1 unspecified atom stereocenters. The Labute approximate surface area is 264 Å². The topological polar surface area (TPSA) is 239 Å². The van der Waals surface area contributed by atoms with Crippen LogP contribution in [0.2, 0.25) is 0 Å². The maximum Gasteiger partial charge on any atom is 0.414 e. The van der Waals surface area contributed by atoms with Crippen LogP contribution in [-0.4, -0.2) is 64.2 Å². The van der Waals surface area contributed by atoms with Gasteiger partial charge in [0, 0.05) is 17.5 Å². The molecule has 11 N–H and O–H groups in total. The molecule has 11 heteroatoms. The van der Waals surface area contributed by atoms with Crippen molar-refractivity contribution < 1.29 is 56.3 Å². The van der Waals surface area contributed by atoms with Crippen LogP contribution in [0, 0.1) is 11.8 Å². The van der Waals surface area contributed by atoms with Gasteiger partial charge in [-0.1, -0.05) is 60.2 Å². The van der Waals surface area contributed by atoms with E-state index in [4.69, 9.17) is 30.0 Å². The number of hydrogen-bond acceptors (Lipinski definition) is 7. The minimum Gasteiger partial charge on any atom is -0.508 e. The fraction of sp³-hybridized carbons (Fsp3) is 0.353. The Morgan fingerprint density at radius 1 is 0.844 bits per heavy atom. The van der Waals surface area contributed by atoms with Gasteiger partial charge >= 0.3 is 11.9 Å². The van der Waals surface area contributed by atoms with Crippen molar-refractivity contribution in [2.75, 3.05) is 0 Å². The molecule has 0 heterocycles. The van der Waals surface area contributed by atoms with Crippen molar-refractivity contribution in [2.24, 2.45) is 11.8 Å². The number of carboxylic acid groups (broad SMARTS) is 2. The first-order valence-electron chi connectivity index (χ1n) is 13.8. The molecule has 2 aromatic rings. The van der Waals surface area contributed by atoms with E-state index in [0.717, 1.165) is 31.3 Å². The largest absolute Gasteiger partial charge is 0.508 e. The lowest BCUT2D eigenvalue weighted by molar-refractivity contribution is -0.159. The van der Waals surface area contributed by atoms with Crippen molar-refractivity contribution >= 4 is 11.9 Å². The molecule has 0 spiro atoms. The average molecular weight is 633 g/mol. The predicted molar refractivity (Wildman–Crippen MR) is 173 cm³/mol. The van der Waals surface area contributed by atoms with Crippen molar-refractivity contribution in [2.45, 2.75) is 64.9 Å². The third-order valence-corrected chi connectivity index (χ3v) is 7.07. The molecule has 250 valence electrons. The molecule has 4 rings (SSSR count). The summed E-state index contributed by atoms with van der Waals surface area (Å²) in [5.74, 6) is -2.35. The monoisotopic (exact) mass is 632 g/mol. The Balaban J connectivity index is 0. The summed E-state index contributed by atoms with van der Waals surface area (Å²) in [6.07, 6.45) is 10.1. The van der Waals surface area contributed by atoms with Crippen LogP contribution in [-0.2, 0) is 9.59 Å². The number of carboxylic acids is 2. The SMILES string of the molecule is C=C(C)[C@@H]1CCC(C)=CC1c1c(O)cccc1O.C=C(C)[C@H]1C=C[C@@](C)(O)CC1.O.O.O=C(O)C(=O)O.Oc1cccc(O)c1. The zero-order valence-electron chi connectivity index (χ0n) is 26.2. The molecule has 0 saturated carbocycles. The highest BCUT2D eigenvalue weighted by Crippen LogP contribution is 2.45. The number of rotatable bonds is 3. The first-order valence-corrected chi connectivity index (χ1v) is 13.8. The molecular formula is C34H48O11. The highest BCUT2D eigenvalue weighted by Gasteiger charge is 2.29. The molecule has 2 aromatic carbocycles. The smallest absolute Gasteiger partial charge is 0.414 e. The normalized spacial score (nSPS) is 21.1. The zero-order valence-corrected chi connectivity index (χ0v) is 26.2. The molecule has 0 amide bonds. The molecule has 0 aliphatic heterocycles. The molecule has 0 radical (unpaired) electrons. The number of carbonyl (C=O) groups is 2. The summed E-state index contributed by atoms with van der Waals surface area (Å²) in [4.78, 5) is 18.2. The highest BCUT2D eigenvalue weighted by atomic mass is 16.4. The van der Waals surface area contributed by atoms with E-state index in [1.807, 2.05) is 26.8 Å². The summed E-state index contributed by atoms with van der Waals surface area (Å²) >= 11 is 0. The van der Waals surface area contributed by atoms with Crippen molar-refractivity contribution in [3.05, 3.63) is 96.1 Å². The molecular weight excluding hydrogens is 584 g/mol. The van der Waals surface area contributed by atoms with Gasteiger partial charge in [-0.05, 0) is 89.5 Å². The molecule has 0 aromatic heterocycles. The third kappa shape index (κ3) is 15.1. The second kappa shape index (κ2) is 19.6. The number of phenols is 4. The molecule has 0 saturated heterocycles. The zero-order chi connectivity index (χ0) is 32.9. The fourth-order valence-electron chi connectivity index (χ4n) is 4.64. The molecule has 4 atom stereocenters. The Hall–Kier alpha value is -4.58. The van der Waals surface area contributed by atoms with E-state index in [1.54, 1.807) is 24.3 Å². The number of aliphatic hydroxyl groups is 1. The number of allylic oxidation sites excluding steroid dienone is 5. The first-order chi connectivity index (χ1) is 19.9. The molecule has 2 aliphatic carbocycles. The van der Waals surface area contributed by atoms with Gasteiger partial charge in [-0.15, -0.1) is 0 Å². The van der Waals surface area contributed by atoms with E-state index in [2.05, 4.69) is 32.2 Å². The highest BCUT2D eigenvalue weighted by molar-refractivity contribution is 6.27. The van der Waals surface area contributed by atoms with Crippen LogP contribution in [0.4, 0.5) is 0 Å². The second-order valence-corrected chi connectivity index (χ2v) is 11.1. The first kappa shape index (κ1) is 42.6. The number of hydrogen-bond donors (Lipinski definition) is 7. The van der Waals surface area contributed by atoms with Gasteiger partial charge in [-0.2, -0.15) is 0 Å². The lowest BCUT2D eigenvalue weighted by atomic mass is 9.74. The van der Waals surface area contributed by atoms with Gasteiger partial charge in [-0.3, -0.25) is 0 Å². The number of aromatic hydroxyl groups is 4. The summed E-state index contributed by atoms with van der Waals surface area (Å²) in [5, 5.41) is 61.7. The fourth-order valence-corrected chi connectivity index (χ4v) is 4.64. The summed E-state index contributed by atoms with van der Waals surface area (Å²) in [6, 6.07) is 10.8. The minimum atomic E-state index is -1.82. The van der Waals surface area contributed by atoms with E-state index in [9.17, 15) is 15.3 Å². The molecule has 11 nitrogen and oxygen atoms in total. The van der Waals surface area contributed by atoms with Crippen LogP contribution in [0.15, 0.2) is 90.6 Å². The van der Waals surface area contributed by atoms with Crippen molar-refractivity contribution in [3.63, 3.8) is 0 Å². The van der Waals surface area contributed by atoms with Gasteiger partial charge in [0.15, 0.2) is 0 Å². The van der Waals surface area contributed by atoms with Gasteiger partial charge < -0.3 is 46.7 Å². The number of aliphatic carboxylic acids is 2. The van der Waals surface area contributed by atoms with Crippen LogP contribution in [0.3, 0.4) is 0 Å². The van der Waals surface area contributed by atoms with E-state index in [-0.39, 0.29) is 45.8 Å². The van der Waals surface area contributed by atoms with Crippen LogP contribution >= 0.6 is 0 Å². The summed E-state index contributed by atoms with van der Waals surface area (Å²) in [7, 11) is 0. The molecule has 2 aliphatic rings. The van der Waals surface area contributed by atoms with E-state index in [0.29, 0.717) is 11.5 Å². The third-order valence-electron chi connectivity index (χ3n) is 7.07. The van der Waals surface area contributed by atoms with Crippen LogP contribution in [0.5, 0.6) is 23.0 Å². The quantitative estimate of drug-likeness (QED) is 0.178. The Morgan fingerprint density at radius 3 is 1.69 bits per heavy atom. The van der Waals surface area contributed by atoms with Crippen LogP contribution in [0.25, 0.3) is 0 Å². The molecule has 0 bridgehead atoms. The van der Waals surface area contributed by atoms with E-state index >= 15 is 0 Å². The van der Waals surface area contributed by atoms with Gasteiger partial charge in [-0.25, -0.2) is 9.59 Å². The number of benzene rings is 2. The minimum absolute atomic E-state index is 0. The second-order valence-electron chi connectivity index (χ2n) is 11.1. The van der Waals surface area contributed by atoms with Crippen LogP contribution < -0.4 is 0 Å². The standard InChI is InChI=1S/C16H20O2.C10H16O.C6H6O2.C2H2O4.2H2O/c1-10(2)12-8-7-11(3)9-13(12)16-14(17)5-4-6-15(16)18;1-8(2)9-4-6-10(3,11)7-5-9;7-5-2-1-3-6(8)4-5;3-1(4)2(5)6;;/h4-6,9,12-13,17-18H,1,7-8H2,2-3H3;4,6,9,11H,1,5,7H2,2-3H3;1-4,7-8H;(H,3,4)(H,5,6);2*1H2/t12-,13?;9-,10+;;;;/m00..../s1. The van der Waals surface area contributed by atoms with Crippen molar-refractivity contribution in [1.82, 2.24) is 0 Å². The van der Waals surface area contributed by atoms with Gasteiger partial charge in [0.25, 0.3) is 0 Å². The Morgan fingerprint density at radius 2 is 1.33 bits per heavy atom. The maximum absolute atomic E-state index is 10.0. The van der Waals surface area contributed by atoms with Gasteiger partial charge in [0.2, 0.25) is 0 Å². The van der Waals surface area contributed by atoms with E-state index in [1.165, 1.54) is 29.3 Å². The van der Waals surface area contributed by atoms with Crippen molar-refractivity contribution in [3.8, 4) is 23.0 Å². The Bertz CT molecular complexity index is 1290. The van der Waals surface area contributed by atoms with Gasteiger partial charge in [0.05, 0.1) is 5.60 Å². The summed E-state index contributed by atoms with van der Waals surface area (Å²) in [5.41, 5.74) is 3.65. The maximum atomic E-state index is 10.0. The predicted octanol–water partition coefficient (Wildman–Crippen LogP) is 5.00. The number of phenolic OH excluding ortho intramolecular Hbond substituents is 4. The molecule has 0 fully saturated rings. The Kier molecular flexibility index (Phi) is 18.6. The van der Waals surface area contributed by atoms with Crippen LogP contribution in [0.1, 0.15) is 64.9 Å². The summed E-state index contributed by atoms with van der Waals surface area (Å²) in [6.45, 7) is 15.9. The van der Waals surface area contributed by atoms with Gasteiger partial charge in [0.1, 0.15) is 23.0 Å². The lowest BCUT2D eigenvalue weighted by Gasteiger charge is -2.31. The summed E-state index contributed by atoms with van der Waals surface area (Å²) < 4.78 is 0. The van der Waals surface area contributed by atoms with E-state index < -0.39 is 17.5 Å². The van der Waals surface area contributed by atoms with Crippen molar-refractivity contribution in [1.29, 1.82) is 0 Å². The molecule has 45 heavy (non-hydrogen) atoms. The lowest BCUT2D eigenvalue weighted by Crippen LogP contribution is -2.25.